The zero-order valence-electron chi connectivity index (χ0n) is 15.5. The number of aromatic nitrogens is 3. The van der Waals surface area contributed by atoms with Crippen LogP contribution in [0.3, 0.4) is 0 Å². The Morgan fingerprint density at radius 2 is 1.83 bits per heavy atom. The van der Waals surface area contributed by atoms with Crippen molar-refractivity contribution in [1.29, 1.82) is 0 Å². The predicted octanol–water partition coefficient (Wildman–Crippen LogP) is 3.82. The van der Waals surface area contributed by atoms with Gasteiger partial charge in [-0.05, 0) is 44.4 Å². The molecular formula is C19H32N4O. The molecule has 1 aliphatic carbocycles. The molecule has 2 aliphatic rings. The molecule has 1 aliphatic heterocycles. The maximum atomic E-state index is 13.1. The predicted molar refractivity (Wildman–Crippen MR) is 94.8 cm³/mol. The van der Waals surface area contributed by atoms with E-state index in [1.54, 1.807) is 0 Å². The summed E-state index contributed by atoms with van der Waals surface area (Å²) in [6, 6.07) is 0.333. The third-order valence-electron chi connectivity index (χ3n) is 5.92. The highest BCUT2D eigenvalue weighted by Gasteiger charge is 2.31. The summed E-state index contributed by atoms with van der Waals surface area (Å²) < 4.78 is 1.96. The number of carbonyl (C=O) groups is 1. The molecule has 0 bridgehead atoms. The van der Waals surface area contributed by atoms with Gasteiger partial charge in [-0.1, -0.05) is 44.7 Å². The second-order valence-electron chi connectivity index (χ2n) is 8.02. The van der Waals surface area contributed by atoms with Crippen LogP contribution in [0, 0.1) is 18.8 Å². The van der Waals surface area contributed by atoms with Crippen LogP contribution in [0.15, 0.2) is 0 Å². The molecule has 2 fully saturated rings. The first-order valence-corrected chi connectivity index (χ1v) is 9.79. The number of hydrogen-bond acceptors (Lipinski definition) is 3. The van der Waals surface area contributed by atoms with Gasteiger partial charge in [-0.25, -0.2) is 4.68 Å². The number of likely N-dealkylation sites (tertiary alicyclic amines) is 1. The molecule has 0 unspecified atom stereocenters. The fraction of sp³-hybridized carbons (Fsp3) is 0.842. The Bertz CT molecular complexity index is 560. The van der Waals surface area contributed by atoms with Gasteiger partial charge in [-0.2, -0.15) is 0 Å². The van der Waals surface area contributed by atoms with Crippen molar-refractivity contribution in [3.63, 3.8) is 0 Å². The molecule has 24 heavy (non-hydrogen) atoms. The lowest BCUT2D eigenvalue weighted by Crippen LogP contribution is -2.43. The Hall–Kier alpha value is -1.39. The molecule has 3 rings (SSSR count). The summed E-state index contributed by atoms with van der Waals surface area (Å²) in [5.41, 5.74) is 1.51. The van der Waals surface area contributed by atoms with Crippen molar-refractivity contribution < 1.29 is 4.79 Å². The third kappa shape index (κ3) is 3.65. The molecule has 1 aromatic rings. The van der Waals surface area contributed by atoms with Gasteiger partial charge in [0, 0.05) is 19.1 Å². The van der Waals surface area contributed by atoms with Crippen molar-refractivity contribution in [2.75, 3.05) is 6.54 Å². The van der Waals surface area contributed by atoms with E-state index in [0.29, 0.717) is 23.6 Å². The van der Waals surface area contributed by atoms with Gasteiger partial charge in [-0.3, -0.25) is 4.79 Å². The Morgan fingerprint density at radius 1 is 1.12 bits per heavy atom. The molecule has 134 valence electrons. The number of rotatable bonds is 4. The largest absolute Gasteiger partial charge is 0.334 e. The lowest BCUT2D eigenvalue weighted by atomic mass is 9.98. The molecule has 1 saturated carbocycles. The van der Waals surface area contributed by atoms with Gasteiger partial charge in [0.25, 0.3) is 5.91 Å². The summed E-state index contributed by atoms with van der Waals surface area (Å²) in [4.78, 5) is 15.2. The summed E-state index contributed by atoms with van der Waals surface area (Å²) in [5.74, 6) is 1.28. The minimum atomic E-state index is 0.0887. The minimum Gasteiger partial charge on any atom is -0.334 e. The third-order valence-corrected chi connectivity index (χ3v) is 5.92. The van der Waals surface area contributed by atoms with Crippen molar-refractivity contribution in [3.8, 4) is 0 Å². The van der Waals surface area contributed by atoms with Crippen molar-refractivity contribution in [2.24, 2.45) is 11.8 Å². The van der Waals surface area contributed by atoms with E-state index in [0.717, 1.165) is 31.6 Å². The van der Waals surface area contributed by atoms with Gasteiger partial charge in [0.2, 0.25) is 0 Å². The summed E-state index contributed by atoms with van der Waals surface area (Å²) in [6.45, 7) is 8.22. The Balaban J connectivity index is 1.76. The van der Waals surface area contributed by atoms with Crippen molar-refractivity contribution in [1.82, 2.24) is 19.9 Å². The first kappa shape index (κ1) is 17.4. The molecule has 0 N–H and O–H groups in total. The number of amides is 1. The highest BCUT2D eigenvalue weighted by Crippen LogP contribution is 2.27. The SMILES string of the molecule is Cc1c(C(=O)N2CCCCC[C@@H]2C(C)C)nnn1CC1CCCC1. The molecule has 2 heterocycles. The van der Waals surface area contributed by atoms with Gasteiger partial charge >= 0.3 is 0 Å². The number of hydrogen-bond donors (Lipinski definition) is 0. The molecule has 1 saturated heterocycles. The summed E-state index contributed by atoms with van der Waals surface area (Å²) in [6.07, 6.45) is 9.87. The zero-order chi connectivity index (χ0) is 17.1. The Labute approximate surface area is 145 Å². The second-order valence-corrected chi connectivity index (χ2v) is 8.02. The quantitative estimate of drug-likeness (QED) is 0.842. The molecule has 1 amide bonds. The second kappa shape index (κ2) is 7.66. The lowest BCUT2D eigenvalue weighted by Gasteiger charge is -2.32. The smallest absolute Gasteiger partial charge is 0.276 e. The van der Waals surface area contributed by atoms with E-state index in [-0.39, 0.29) is 5.91 Å². The topological polar surface area (TPSA) is 51.0 Å². The van der Waals surface area contributed by atoms with Crippen LogP contribution in [0.4, 0.5) is 0 Å². The van der Waals surface area contributed by atoms with E-state index in [1.165, 1.54) is 38.5 Å². The van der Waals surface area contributed by atoms with Gasteiger partial charge in [0.15, 0.2) is 5.69 Å². The van der Waals surface area contributed by atoms with E-state index < -0.39 is 0 Å². The fourth-order valence-electron chi connectivity index (χ4n) is 4.38. The van der Waals surface area contributed by atoms with E-state index in [1.807, 2.05) is 11.6 Å². The molecule has 5 heteroatoms. The average molecular weight is 332 g/mol. The van der Waals surface area contributed by atoms with E-state index in [4.69, 9.17) is 0 Å². The molecule has 0 spiro atoms. The molecule has 0 aromatic carbocycles. The number of carbonyl (C=O) groups excluding carboxylic acids is 1. The normalized spacial score (nSPS) is 23.0. The first-order valence-electron chi connectivity index (χ1n) is 9.79. The van der Waals surface area contributed by atoms with Crippen LogP contribution in [0.5, 0.6) is 0 Å². The van der Waals surface area contributed by atoms with E-state index in [9.17, 15) is 4.79 Å². The van der Waals surface area contributed by atoms with Gasteiger partial charge in [0.05, 0.1) is 5.69 Å². The van der Waals surface area contributed by atoms with Gasteiger partial charge < -0.3 is 4.90 Å². The van der Waals surface area contributed by atoms with Crippen LogP contribution in [0.25, 0.3) is 0 Å². The van der Waals surface area contributed by atoms with Crippen LogP contribution in [0.1, 0.15) is 81.4 Å². The van der Waals surface area contributed by atoms with Gasteiger partial charge in [0.1, 0.15) is 0 Å². The maximum absolute atomic E-state index is 13.1. The molecular weight excluding hydrogens is 300 g/mol. The highest BCUT2D eigenvalue weighted by molar-refractivity contribution is 5.93. The number of nitrogens with zero attached hydrogens (tertiary/aromatic N) is 4. The Kier molecular flexibility index (Phi) is 5.57. The average Bonchev–Trinajstić information content (AvgIpc) is 3.10. The van der Waals surface area contributed by atoms with Crippen molar-refractivity contribution in [3.05, 3.63) is 11.4 Å². The van der Waals surface area contributed by atoms with Crippen LogP contribution in [-0.2, 0) is 6.54 Å². The summed E-state index contributed by atoms with van der Waals surface area (Å²) in [7, 11) is 0. The van der Waals surface area contributed by atoms with Crippen LogP contribution in [0.2, 0.25) is 0 Å². The standard InChI is InChI=1S/C19H32N4O/c1-14(2)17-11-5-4-8-12-22(17)19(24)18-15(3)23(21-20-18)13-16-9-6-7-10-16/h14,16-17H,4-13H2,1-3H3/t17-/m1/s1. The Morgan fingerprint density at radius 3 is 2.54 bits per heavy atom. The van der Waals surface area contributed by atoms with E-state index in [2.05, 4.69) is 29.1 Å². The van der Waals surface area contributed by atoms with E-state index >= 15 is 0 Å². The molecule has 0 radical (unpaired) electrons. The minimum absolute atomic E-state index is 0.0887. The molecule has 5 nitrogen and oxygen atoms in total. The molecule has 1 atom stereocenters. The maximum Gasteiger partial charge on any atom is 0.276 e. The van der Waals surface area contributed by atoms with Crippen molar-refractivity contribution in [2.45, 2.75) is 84.7 Å². The highest BCUT2D eigenvalue weighted by atomic mass is 16.2. The van der Waals surface area contributed by atoms with Gasteiger partial charge in [-0.15, -0.1) is 5.10 Å². The van der Waals surface area contributed by atoms with Crippen LogP contribution >= 0.6 is 0 Å². The molecule has 1 aromatic heterocycles. The van der Waals surface area contributed by atoms with Crippen LogP contribution in [-0.4, -0.2) is 38.4 Å². The zero-order valence-corrected chi connectivity index (χ0v) is 15.5. The lowest BCUT2D eigenvalue weighted by molar-refractivity contribution is 0.0625. The first-order chi connectivity index (χ1) is 11.6. The van der Waals surface area contributed by atoms with Crippen molar-refractivity contribution >= 4 is 5.91 Å². The summed E-state index contributed by atoms with van der Waals surface area (Å²) in [5, 5.41) is 8.59. The monoisotopic (exact) mass is 332 g/mol. The van der Waals surface area contributed by atoms with Crippen LogP contribution < -0.4 is 0 Å². The fourth-order valence-corrected chi connectivity index (χ4v) is 4.38. The summed E-state index contributed by atoms with van der Waals surface area (Å²) >= 11 is 0.